The molecule has 6 nitrogen and oxygen atoms in total. The molecule has 1 unspecified atom stereocenters. The highest BCUT2D eigenvalue weighted by atomic mass is 16.6. The lowest BCUT2D eigenvalue weighted by molar-refractivity contribution is -0.142. The van der Waals surface area contributed by atoms with Gasteiger partial charge in [-0.2, -0.15) is 0 Å². The fourth-order valence-electron chi connectivity index (χ4n) is 3.57. The van der Waals surface area contributed by atoms with Gasteiger partial charge in [-0.25, -0.2) is 4.79 Å². The number of piperidine rings is 1. The van der Waals surface area contributed by atoms with Crippen molar-refractivity contribution in [3.63, 3.8) is 0 Å². The Morgan fingerprint density at radius 3 is 2.48 bits per heavy atom. The van der Waals surface area contributed by atoms with Gasteiger partial charge in [0.05, 0.1) is 5.92 Å². The lowest BCUT2D eigenvalue weighted by Gasteiger charge is -2.46. The van der Waals surface area contributed by atoms with Crippen molar-refractivity contribution in [2.24, 2.45) is 0 Å². The van der Waals surface area contributed by atoms with Crippen LogP contribution >= 0.6 is 0 Å². The van der Waals surface area contributed by atoms with E-state index in [0.717, 1.165) is 5.56 Å². The lowest BCUT2D eigenvalue weighted by atomic mass is 9.77. The standard InChI is InChI=1S/C19H25NO5/c1-18(2,3)25-17(23)20-10-8-19(9-11-20)12-14(16(21)22)13-6-4-5-7-15(13)24-19/h4-7,14H,8-12H2,1-3H3,(H,21,22). The Bertz CT molecular complexity index is 671. The Labute approximate surface area is 147 Å². The van der Waals surface area contributed by atoms with Crippen molar-refractivity contribution in [3.8, 4) is 5.75 Å². The van der Waals surface area contributed by atoms with Crippen molar-refractivity contribution in [1.29, 1.82) is 0 Å². The van der Waals surface area contributed by atoms with Gasteiger partial charge in [0.15, 0.2) is 0 Å². The van der Waals surface area contributed by atoms with Gasteiger partial charge in [-0.1, -0.05) is 18.2 Å². The first-order valence-corrected chi connectivity index (χ1v) is 8.68. The Kier molecular flexibility index (Phi) is 4.39. The van der Waals surface area contributed by atoms with E-state index in [2.05, 4.69) is 0 Å². The van der Waals surface area contributed by atoms with Gasteiger partial charge in [0.1, 0.15) is 17.0 Å². The van der Waals surface area contributed by atoms with E-state index in [9.17, 15) is 14.7 Å². The monoisotopic (exact) mass is 347 g/mol. The summed E-state index contributed by atoms with van der Waals surface area (Å²) in [5, 5.41) is 9.63. The van der Waals surface area contributed by atoms with Crippen molar-refractivity contribution in [3.05, 3.63) is 29.8 Å². The summed E-state index contributed by atoms with van der Waals surface area (Å²) in [5.41, 5.74) is -0.327. The lowest BCUT2D eigenvalue weighted by Crippen LogP contribution is -2.53. The largest absolute Gasteiger partial charge is 0.487 e. The summed E-state index contributed by atoms with van der Waals surface area (Å²) >= 11 is 0. The summed E-state index contributed by atoms with van der Waals surface area (Å²) in [6.07, 6.45) is 1.31. The molecule has 0 aromatic heterocycles. The van der Waals surface area contributed by atoms with Crippen LogP contribution in [0.3, 0.4) is 0 Å². The van der Waals surface area contributed by atoms with Crippen LogP contribution in [0.1, 0.15) is 51.5 Å². The van der Waals surface area contributed by atoms with Crippen molar-refractivity contribution >= 4 is 12.1 Å². The normalized spacial score (nSPS) is 22.0. The predicted molar refractivity (Wildman–Crippen MR) is 91.8 cm³/mol. The number of aliphatic carboxylic acids is 1. The number of likely N-dealkylation sites (tertiary alicyclic amines) is 1. The Balaban J connectivity index is 1.73. The molecule has 0 radical (unpaired) electrons. The van der Waals surface area contributed by atoms with Crippen LogP contribution in [-0.4, -0.2) is 46.4 Å². The molecular weight excluding hydrogens is 322 g/mol. The van der Waals surface area contributed by atoms with Gasteiger partial charge in [-0.05, 0) is 26.8 Å². The van der Waals surface area contributed by atoms with Gasteiger partial charge in [0.25, 0.3) is 0 Å². The maximum absolute atomic E-state index is 12.2. The fourth-order valence-corrected chi connectivity index (χ4v) is 3.57. The van der Waals surface area contributed by atoms with E-state index in [1.807, 2.05) is 45.0 Å². The van der Waals surface area contributed by atoms with E-state index >= 15 is 0 Å². The Hall–Kier alpha value is -2.24. The molecule has 1 spiro atoms. The van der Waals surface area contributed by atoms with E-state index in [4.69, 9.17) is 9.47 Å². The average molecular weight is 347 g/mol. The predicted octanol–water partition coefficient (Wildman–Crippen LogP) is 3.41. The van der Waals surface area contributed by atoms with Crippen LogP contribution < -0.4 is 4.74 Å². The molecule has 1 N–H and O–H groups in total. The molecule has 2 aliphatic rings. The van der Waals surface area contributed by atoms with Gasteiger partial charge in [-0.15, -0.1) is 0 Å². The smallest absolute Gasteiger partial charge is 0.410 e. The highest BCUT2D eigenvalue weighted by Gasteiger charge is 2.46. The van der Waals surface area contributed by atoms with Crippen LogP contribution in [0.5, 0.6) is 5.75 Å². The first kappa shape index (κ1) is 17.6. The number of ether oxygens (including phenoxy) is 2. The number of carboxylic acids is 1. The SMILES string of the molecule is CC(C)(C)OC(=O)N1CCC2(CC1)CC(C(=O)O)c1ccccc1O2. The molecule has 1 saturated heterocycles. The zero-order chi connectivity index (χ0) is 18.2. The number of carbonyl (C=O) groups excluding carboxylic acids is 1. The van der Waals surface area contributed by atoms with Crippen LogP contribution in [0.15, 0.2) is 24.3 Å². The van der Waals surface area contributed by atoms with E-state index in [-0.39, 0.29) is 6.09 Å². The van der Waals surface area contributed by atoms with E-state index < -0.39 is 23.1 Å². The van der Waals surface area contributed by atoms with Crippen molar-refractivity contribution in [1.82, 2.24) is 4.90 Å². The topological polar surface area (TPSA) is 76.1 Å². The molecule has 1 amide bonds. The van der Waals surface area contributed by atoms with Crippen molar-refractivity contribution in [2.75, 3.05) is 13.1 Å². The Morgan fingerprint density at radius 2 is 1.88 bits per heavy atom. The third-order valence-electron chi connectivity index (χ3n) is 4.82. The molecular formula is C19H25NO5. The second-order valence-electron chi connectivity index (χ2n) is 7.89. The van der Waals surface area contributed by atoms with Gasteiger partial charge in [0.2, 0.25) is 0 Å². The zero-order valence-corrected chi connectivity index (χ0v) is 14.9. The number of amides is 1. The van der Waals surface area contributed by atoms with Crippen LogP contribution in [0.4, 0.5) is 4.79 Å². The molecule has 1 fully saturated rings. The minimum atomic E-state index is -0.829. The molecule has 1 atom stereocenters. The number of hydrogen-bond donors (Lipinski definition) is 1. The molecule has 25 heavy (non-hydrogen) atoms. The van der Waals surface area contributed by atoms with Crippen LogP contribution in [0.2, 0.25) is 0 Å². The highest BCUT2D eigenvalue weighted by molar-refractivity contribution is 5.78. The molecule has 3 rings (SSSR count). The maximum Gasteiger partial charge on any atom is 0.410 e. The number of benzene rings is 1. The quantitative estimate of drug-likeness (QED) is 0.842. The summed E-state index contributed by atoms with van der Waals surface area (Å²) in [4.78, 5) is 25.6. The molecule has 1 aromatic carbocycles. The van der Waals surface area contributed by atoms with Gasteiger partial charge in [-0.3, -0.25) is 4.79 Å². The molecule has 2 aliphatic heterocycles. The number of carbonyl (C=O) groups is 2. The zero-order valence-electron chi connectivity index (χ0n) is 14.9. The average Bonchev–Trinajstić information content (AvgIpc) is 2.53. The summed E-state index contributed by atoms with van der Waals surface area (Å²) in [5.74, 6) is -0.755. The minimum absolute atomic E-state index is 0.326. The van der Waals surface area contributed by atoms with E-state index in [1.54, 1.807) is 4.90 Å². The maximum atomic E-state index is 12.2. The van der Waals surface area contributed by atoms with Crippen LogP contribution in [-0.2, 0) is 9.53 Å². The van der Waals surface area contributed by atoms with Gasteiger partial charge in [0, 0.05) is 37.9 Å². The second-order valence-corrected chi connectivity index (χ2v) is 7.89. The summed E-state index contributed by atoms with van der Waals surface area (Å²) < 4.78 is 11.6. The third kappa shape index (κ3) is 3.72. The summed E-state index contributed by atoms with van der Waals surface area (Å²) in [6, 6.07) is 7.33. The molecule has 0 aliphatic carbocycles. The molecule has 136 valence electrons. The second kappa shape index (κ2) is 6.24. The Morgan fingerprint density at radius 1 is 1.24 bits per heavy atom. The molecule has 2 heterocycles. The molecule has 0 bridgehead atoms. The number of fused-ring (bicyclic) bond motifs is 1. The number of para-hydroxylation sites is 1. The van der Waals surface area contributed by atoms with Crippen molar-refractivity contribution in [2.45, 2.75) is 57.2 Å². The number of hydrogen-bond acceptors (Lipinski definition) is 4. The van der Waals surface area contributed by atoms with Gasteiger partial charge < -0.3 is 19.5 Å². The molecule has 6 heteroatoms. The fraction of sp³-hybridized carbons (Fsp3) is 0.579. The summed E-state index contributed by atoms with van der Waals surface area (Å²) in [7, 11) is 0. The highest BCUT2D eigenvalue weighted by Crippen LogP contribution is 2.45. The van der Waals surface area contributed by atoms with Crippen LogP contribution in [0.25, 0.3) is 0 Å². The number of rotatable bonds is 1. The van der Waals surface area contributed by atoms with Gasteiger partial charge >= 0.3 is 12.1 Å². The molecule has 1 aromatic rings. The summed E-state index contributed by atoms with van der Waals surface area (Å²) in [6.45, 7) is 6.53. The van der Waals surface area contributed by atoms with E-state index in [1.165, 1.54) is 0 Å². The number of nitrogens with zero attached hydrogens (tertiary/aromatic N) is 1. The minimum Gasteiger partial charge on any atom is -0.487 e. The first-order chi connectivity index (χ1) is 11.7. The van der Waals surface area contributed by atoms with Crippen LogP contribution in [0, 0.1) is 0 Å². The first-order valence-electron chi connectivity index (χ1n) is 8.68. The third-order valence-corrected chi connectivity index (χ3v) is 4.82. The van der Waals surface area contributed by atoms with E-state index in [0.29, 0.717) is 38.1 Å². The van der Waals surface area contributed by atoms with Crippen molar-refractivity contribution < 1.29 is 24.2 Å². The molecule has 0 saturated carbocycles. The number of carboxylic acid groups (broad SMARTS) is 1.